The molecule has 0 N–H and O–H groups in total. The zero-order valence-corrected chi connectivity index (χ0v) is 11.7. The van der Waals surface area contributed by atoms with Crippen LogP contribution >= 0.6 is 15.9 Å². The summed E-state index contributed by atoms with van der Waals surface area (Å²) in [6.07, 6.45) is 3.72. The van der Waals surface area contributed by atoms with Crippen molar-refractivity contribution in [3.63, 3.8) is 0 Å². The second kappa shape index (κ2) is 6.15. The van der Waals surface area contributed by atoms with Crippen molar-refractivity contribution < 1.29 is 14.3 Å². The van der Waals surface area contributed by atoms with Crippen LogP contribution in [-0.2, 0) is 14.3 Å². The fourth-order valence-electron chi connectivity index (χ4n) is 1.92. The van der Waals surface area contributed by atoms with E-state index in [1.165, 1.54) is 7.11 Å². The number of carbonyl (C=O) groups is 1. The standard InChI is InChI=1S/C12H15BrN2O3/c1-17-12(16)5-11-8-15(2-3-18-11)10-4-9(13)6-14-7-10/h4,6-7,11H,2-3,5,8H2,1H3/t11-/m1/s1. The molecule has 1 fully saturated rings. The highest BCUT2D eigenvalue weighted by atomic mass is 79.9. The number of anilines is 1. The second-order valence-corrected chi connectivity index (χ2v) is 5.00. The lowest BCUT2D eigenvalue weighted by molar-refractivity contribution is -0.144. The van der Waals surface area contributed by atoms with Crippen LogP contribution < -0.4 is 4.90 Å². The predicted molar refractivity (Wildman–Crippen MR) is 70.5 cm³/mol. The van der Waals surface area contributed by atoms with Gasteiger partial charge in [-0.25, -0.2) is 0 Å². The molecule has 0 unspecified atom stereocenters. The maximum absolute atomic E-state index is 11.2. The highest BCUT2D eigenvalue weighted by Crippen LogP contribution is 2.21. The molecular formula is C12H15BrN2O3. The summed E-state index contributed by atoms with van der Waals surface area (Å²) in [6, 6.07) is 2.01. The van der Waals surface area contributed by atoms with Crippen LogP contribution in [0.15, 0.2) is 22.9 Å². The summed E-state index contributed by atoms with van der Waals surface area (Å²) in [7, 11) is 1.39. The van der Waals surface area contributed by atoms with Gasteiger partial charge in [0.1, 0.15) is 0 Å². The summed E-state index contributed by atoms with van der Waals surface area (Å²) < 4.78 is 11.2. The second-order valence-electron chi connectivity index (χ2n) is 4.08. The minimum atomic E-state index is -0.241. The number of nitrogens with zero attached hydrogens (tertiary/aromatic N) is 2. The van der Waals surface area contributed by atoms with Gasteiger partial charge < -0.3 is 14.4 Å². The average Bonchev–Trinajstić information content (AvgIpc) is 2.39. The monoisotopic (exact) mass is 314 g/mol. The lowest BCUT2D eigenvalue weighted by Gasteiger charge is -2.33. The normalized spacial score (nSPS) is 19.7. The zero-order valence-electron chi connectivity index (χ0n) is 10.1. The fraction of sp³-hybridized carbons (Fsp3) is 0.500. The number of halogens is 1. The summed E-state index contributed by atoms with van der Waals surface area (Å²) in [5.41, 5.74) is 1.03. The van der Waals surface area contributed by atoms with E-state index in [2.05, 4.69) is 30.6 Å². The van der Waals surface area contributed by atoms with Crippen LogP contribution in [0.25, 0.3) is 0 Å². The number of aromatic nitrogens is 1. The van der Waals surface area contributed by atoms with E-state index in [1.807, 2.05) is 12.3 Å². The van der Waals surface area contributed by atoms with E-state index in [-0.39, 0.29) is 18.5 Å². The minimum Gasteiger partial charge on any atom is -0.469 e. The Bertz CT molecular complexity index is 428. The number of ether oxygens (including phenoxy) is 2. The largest absolute Gasteiger partial charge is 0.469 e. The maximum atomic E-state index is 11.2. The van der Waals surface area contributed by atoms with Crippen molar-refractivity contribution in [2.24, 2.45) is 0 Å². The molecule has 5 nitrogen and oxygen atoms in total. The molecule has 0 aromatic carbocycles. The van der Waals surface area contributed by atoms with Gasteiger partial charge in [-0.1, -0.05) is 0 Å². The third-order valence-corrected chi connectivity index (χ3v) is 3.25. The minimum absolute atomic E-state index is 0.120. The lowest BCUT2D eigenvalue weighted by atomic mass is 10.2. The molecule has 0 amide bonds. The van der Waals surface area contributed by atoms with Crippen LogP contribution in [0.3, 0.4) is 0 Å². The highest BCUT2D eigenvalue weighted by molar-refractivity contribution is 9.10. The van der Waals surface area contributed by atoms with Gasteiger partial charge in [0.25, 0.3) is 0 Å². The van der Waals surface area contributed by atoms with E-state index in [4.69, 9.17) is 4.74 Å². The molecule has 1 atom stereocenters. The number of rotatable bonds is 3. The predicted octanol–water partition coefficient (Wildman–Crippen LogP) is 1.61. The van der Waals surface area contributed by atoms with Crippen LogP contribution in [0.2, 0.25) is 0 Å². The number of pyridine rings is 1. The SMILES string of the molecule is COC(=O)C[C@@H]1CN(c2cncc(Br)c2)CCO1. The van der Waals surface area contributed by atoms with Crippen LogP contribution in [0, 0.1) is 0 Å². The Kier molecular flexibility index (Phi) is 4.54. The number of hydrogen-bond donors (Lipinski definition) is 0. The zero-order chi connectivity index (χ0) is 13.0. The molecule has 2 rings (SSSR count). The Hall–Kier alpha value is -1.14. The molecule has 18 heavy (non-hydrogen) atoms. The Labute approximate surface area is 114 Å². The third-order valence-electron chi connectivity index (χ3n) is 2.82. The molecule has 0 aliphatic carbocycles. The van der Waals surface area contributed by atoms with Crippen molar-refractivity contribution in [1.29, 1.82) is 0 Å². The van der Waals surface area contributed by atoms with Gasteiger partial charge in [0.05, 0.1) is 38.1 Å². The van der Waals surface area contributed by atoms with E-state index >= 15 is 0 Å². The molecule has 1 aliphatic rings. The molecule has 0 saturated carbocycles. The number of methoxy groups -OCH3 is 1. The van der Waals surface area contributed by atoms with Gasteiger partial charge in [-0.3, -0.25) is 9.78 Å². The van der Waals surface area contributed by atoms with Crippen LogP contribution in [0.1, 0.15) is 6.42 Å². The van der Waals surface area contributed by atoms with E-state index < -0.39 is 0 Å². The molecule has 1 aromatic rings. The quantitative estimate of drug-likeness (QED) is 0.793. The topological polar surface area (TPSA) is 51.7 Å². The van der Waals surface area contributed by atoms with Crippen LogP contribution in [0.5, 0.6) is 0 Å². The average molecular weight is 315 g/mol. The first-order chi connectivity index (χ1) is 8.69. The van der Waals surface area contributed by atoms with Gasteiger partial charge >= 0.3 is 5.97 Å². The van der Waals surface area contributed by atoms with E-state index in [9.17, 15) is 4.79 Å². The van der Waals surface area contributed by atoms with Crippen molar-refractivity contribution in [1.82, 2.24) is 4.98 Å². The maximum Gasteiger partial charge on any atom is 0.308 e. The van der Waals surface area contributed by atoms with E-state index in [0.29, 0.717) is 13.2 Å². The summed E-state index contributed by atoms with van der Waals surface area (Å²) in [5.74, 6) is -0.241. The molecule has 1 saturated heterocycles. The number of hydrogen-bond acceptors (Lipinski definition) is 5. The molecular weight excluding hydrogens is 300 g/mol. The first-order valence-electron chi connectivity index (χ1n) is 5.73. The summed E-state index contributed by atoms with van der Waals surface area (Å²) in [5, 5.41) is 0. The Morgan fingerprint density at radius 3 is 3.22 bits per heavy atom. The van der Waals surface area contributed by atoms with Crippen LogP contribution in [0.4, 0.5) is 5.69 Å². The van der Waals surface area contributed by atoms with Crippen molar-refractivity contribution in [2.45, 2.75) is 12.5 Å². The van der Waals surface area contributed by atoms with Gasteiger partial charge in [0, 0.05) is 23.8 Å². The Balaban J connectivity index is 2.00. The van der Waals surface area contributed by atoms with Crippen LogP contribution in [-0.4, -0.2) is 43.9 Å². The van der Waals surface area contributed by atoms with Crippen molar-refractivity contribution in [3.05, 3.63) is 22.9 Å². The van der Waals surface area contributed by atoms with Crippen molar-refractivity contribution >= 4 is 27.6 Å². The van der Waals surface area contributed by atoms with Gasteiger partial charge in [-0.2, -0.15) is 0 Å². The number of carbonyl (C=O) groups excluding carboxylic acids is 1. The summed E-state index contributed by atoms with van der Waals surface area (Å²) in [4.78, 5) is 17.5. The van der Waals surface area contributed by atoms with Gasteiger partial charge in [-0.05, 0) is 22.0 Å². The third kappa shape index (κ3) is 3.43. The van der Waals surface area contributed by atoms with Crippen molar-refractivity contribution in [3.8, 4) is 0 Å². The molecule has 1 aromatic heterocycles. The molecule has 2 heterocycles. The molecule has 1 aliphatic heterocycles. The molecule has 98 valence electrons. The first-order valence-corrected chi connectivity index (χ1v) is 6.52. The van der Waals surface area contributed by atoms with Gasteiger partial charge in [0.2, 0.25) is 0 Å². The number of morpholine rings is 1. The fourth-order valence-corrected chi connectivity index (χ4v) is 2.27. The van der Waals surface area contributed by atoms with Gasteiger partial charge in [-0.15, -0.1) is 0 Å². The van der Waals surface area contributed by atoms with Gasteiger partial charge in [0.15, 0.2) is 0 Å². The molecule has 0 bridgehead atoms. The first kappa shape index (κ1) is 13.3. The molecule has 6 heteroatoms. The summed E-state index contributed by atoms with van der Waals surface area (Å²) in [6.45, 7) is 2.08. The Morgan fingerprint density at radius 1 is 1.67 bits per heavy atom. The Morgan fingerprint density at radius 2 is 2.50 bits per heavy atom. The van der Waals surface area contributed by atoms with E-state index in [0.717, 1.165) is 16.7 Å². The molecule has 0 radical (unpaired) electrons. The van der Waals surface area contributed by atoms with Crippen molar-refractivity contribution in [2.75, 3.05) is 31.7 Å². The van der Waals surface area contributed by atoms with E-state index in [1.54, 1.807) is 6.20 Å². The lowest BCUT2D eigenvalue weighted by Crippen LogP contribution is -2.43. The summed E-state index contributed by atoms with van der Waals surface area (Å²) >= 11 is 3.40. The molecule has 0 spiro atoms. The highest BCUT2D eigenvalue weighted by Gasteiger charge is 2.23. The number of esters is 1. The smallest absolute Gasteiger partial charge is 0.308 e.